The molecule has 114 valence electrons. The molecule has 7 heteroatoms. The summed E-state index contributed by atoms with van der Waals surface area (Å²) in [6.45, 7) is 0.716. The van der Waals surface area contributed by atoms with E-state index in [-0.39, 0.29) is 37.2 Å². The Bertz CT molecular complexity index is 355. The lowest BCUT2D eigenvalue weighted by Gasteiger charge is -2.14. The van der Waals surface area contributed by atoms with Crippen molar-refractivity contribution < 1.29 is 24.2 Å². The monoisotopic (exact) mass is 286 g/mol. The molecular weight excluding hydrogens is 264 g/mol. The van der Waals surface area contributed by atoms with Gasteiger partial charge in [0.25, 0.3) is 0 Å². The Morgan fingerprint density at radius 2 is 2.05 bits per heavy atom. The first-order valence-corrected chi connectivity index (χ1v) is 6.83. The van der Waals surface area contributed by atoms with E-state index >= 15 is 0 Å². The van der Waals surface area contributed by atoms with Crippen molar-refractivity contribution in [3.05, 3.63) is 0 Å². The van der Waals surface area contributed by atoms with Crippen molar-refractivity contribution in [2.45, 2.75) is 38.1 Å². The number of ether oxygens (including phenoxy) is 1. The van der Waals surface area contributed by atoms with Gasteiger partial charge in [0, 0.05) is 39.0 Å². The van der Waals surface area contributed by atoms with Crippen LogP contribution in [0.25, 0.3) is 0 Å². The molecule has 0 aromatic carbocycles. The average Bonchev–Trinajstić information content (AvgIpc) is 3.23. The number of hydrogen-bond donors (Lipinski definition) is 3. The predicted molar refractivity (Wildman–Crippen MR) is 71.0 cm³/mol. The van der Waals surface area contributed by atoms with Gasteiger partial charge in [0.1, 0.15) is 6.04 Å². The fourth-order valence-electron chi connectivity index (χ4n) is 1.71. The van der Waals surface area contributed by atoms with Gasteiger partial charge in [0.05, 0.1) is 0 Å². The Morgan fingerprint density at radius 1 is 1.35 bits per heavy atom. The van der Waals surface area contributed by atoms with Crippen LogP contribution in [0.15, 0.2) is 0 Å². The molecule has 1 atom stereocenters. The van der Waals surface area contributed by atoms with Gasteiger partial charge < -0.3 is 20.5 Å². The number of rotatable bonds is 10. The van der Waals surface area contributed by atoms with E-state index < -0.39 is 12.0 Å². The van der Waals surface area contributed by atoms with Crippen molar-refractivity contribution in [2.75, 3.05) is 20.3 Å². The summed E-state index contributed by atoms with van der Waals surface area (Å²) in [6, 6.07) is -0.927. The zero-order valence-corrected chi connectivity index (χ0v) is 11.7. The van der Waals surface area contributed by atoms with Crippen LogP contribution >= 0.6 is 0 Å². The molecule has 1 aliphatic rings. The van der Waals surface area contributed by atoms with Gasteiger partial charge in [-0.25, -0.2) is 4.79 Å². The van der Waals surface area contributed by atoms with E-state index in [4.69, 9.17) is 9.84 Å². The fraction of sp³-hybridized carbons (Fsp3) is 0.769. The van der Waals surface area contributed by atoms with Crippen molar-refractivity contribution in [3.8, 4) is 0 Å². The third-order valence-corrected chi connectivity index (χ3v) is 3.07. The predicted octanol–water partition coefficient (Wildman–Crippen LogP) is -0.101. The molecule has 1 unspecified atom stereocenters. The van der Waals surface area contributed by atoms with E-state index in [1.807, 2.05) is 0 Å². The van der Waals surface area contributed by atoms with Crippen molar-refractivity contribution >= 4 is 17.8 Å². The zero-order chi connectivity index (χ0) is 15.0. The molecule has 0 saturated heterocycles. The van der Waals surface area contributed by atoms with Gasteiger partial charge in [-0.05, 0) is 19.3 Å². The molecular formula is C13H22N2O5. The summed E-state index contributed by atoms with van der Waals surface area (Å²) < 4.78 is 4.80. The first kappa shape index (κ1) is 16.4. The Kier molecular flexibility index (Phi) is 7.00. The number of hydrogen-bond acceptors (Lipinski definition) is 4. The van der Waals surface area contributed by atoms with Gasteiger partial charge in [-0.3, -0.25) is 9.59 Å². The first-order chi connectivity index (χ1) is 9.54. The third kappa shape index (κ3) is 6.51. The van der Waals surface area contributed by atoms with Gasteiger partial charge in [-0.15, -0.1) is 0 Å². The zero-order valence-electron chi connectivity index (χ0n) is 11.7. The average molecular weight is 286 g/mol. The fourth-order valence-corrected chi connectivity index (χ4v) is 1.71. The standard InChI is InChI=1S/C13H22N2O5/c1-20-8-6-10(13(18)19)15-11(16)3-2-7-14-12(17)9-4-5-9/h9-10H,2-8H2,1H3,(H,14,17)(H,15,16)(H,18,19). The minimum Gasteiger partial charge on any atom is -0.480 e. The number of carboxylic acid groups (broad SMARTS) is 1. The second-order valence-corrected chi connectivity index (χ2v) is 4.91. The van der Waals surface area contributed by atoms with Crippen LogP contribution in [0.2, 0.25) is 0 Å². The largest absolute Gasteiger partial charge is 0.480 e. The molecule has 1 aliphatic carbocycles. The molecule has 0 aromatic heterocycles. The number of carbonyl (C=O) groups excluding carboxylic acids is 2. The molecule has 0 radical (unpaired) electrons. The van der Waals surface area contributed by atoms with Crippen LogP contribution in [0.1, 0.15) is 32.1 Å². The summed E-state index contributed by atoms with van der Waals surface area (Å²) in [4.78, 5) is 33.8. The van der Waals surface area contributed by atoms with E-state index in [2.05, 4.69) is 10.6 Å². The van der Waals surface area contributed by atoms with Crippen LogP contribution < -0.4 is 10.6 Å². The van der Waals surface area contributed by atoms with E-state index in [1.165, 1.54) is 7.11 Å². The number of aliphatic carboxylic acids is 1. The molecule has 1 saturated carbocycles. The van der Waals surface area contributed by atoms with Gasteiger partial charge in [-0.2, -0.15) is 0 Å². The summed E-state index contributed by atoms with van der Waals surface area (Å²) >= 11 is 0. The van der Waals surface area contributed by atoms with Crippen molar-refractivity contribution in [2.24, 2.45) is 5.92 Å². The van der Waals surface area contributed by atoms with Crippen molar-refractivity contribution in [1.29, 1.82) is 0 Å². The maximum Gasteiger partial charge on any atom is 0.326 e. The lowest BCUT2D eigenvalue weighted by Crippen LogP contribution is -2.41. The summed E-state index contributed by atoms with van der Waals surface area (Å²) in [5.74, 6) is -1.19. The second kappa shape index (κ2) is 8.52. The highest BCUT2D eigenvalue weighted by molar-refractivity contribution is 5.83. The molecule has 0 aliphatic heterocycles. The van der Waals surface area contributed by atoms with E-state index in [0.717, 1.165) is 12.8 Å². The van der Waals surface area contributed by atoms with E-state index in [1.54, 1.807) is 0 Å². The Balaban J connectivity index is 2.13. The van der Waals surface area contributed by atoms with E-state index in [0.29, 0.717) is 13.0 Å². The van der Waals surface area contributed by atoms with Crippen LogP contribution in [-0.2, 0) is 19.1 Å². The van der Waals surface area contributed by atoms with Gasteiger partial charge >= 0.3 is 5.97 Å². The van der Waals surface area contributed by atoms with Gasteiger partial charge in [-0.1, -0.05) is 0 Å². The summed E-state index contributed by atoms with van der Waals surface area (Å²) in [5.41, 5.74) is 0. The van der Waals surface area contributed by atoms with Crippen LogP contribution in [0, 0.1) is 5.92 Å². The Morgan fingerprint density at radius 3 is 2.60 bits per heavy atom. The Labute approximate surface area is 118 Å². The van der Waals surface area contributed by atoms with Crippen LogP contribution in [-0.4, -0.2) is 49.2 Å². The number of amides is 2. The van der Waals surface area contributed by atoms with Crippen LogP contribution in [0.4, 0.5) is 0 Å². The molecule has 1 fully saturated rings. The van der Waals surface area contributed by atoms with Gasteiger partial charge in [0.15, 0.2) is 0 Å². The highest BCUT2D eigenvalue weighted by atomic mass is 16.5. The summed E-state index contributed by atoms with van der Waals surface area (Å²) in [6.07, 6.45) is 2.83. The van der Waals surface area contributed by atoms with Crippen molar-refractivity contribution in [3.63, 3.8) is 0 Å². The minimum absolute atomic E-state index is 0.0499. The van der Waals surface area contributed by atoms with E-state index in [9.17, 15) is 14.4 Å². The van der Waals surface area contributed by atoms with Crippen LogP contribution in [0.5, 0.6) is 0 Å². The quantitative estimate of drug-likeness (QED) is 0.486. The van der Waals surface area contributed by atoms with Crippen LogP contribution in [0.3, 0.4) is 0 Å². The molecule has 0 spiro atoms. The first-order valence-electron chi connectivity index (χ1n) is 6.83. The lowest BCUT2D eigenvalue weighted by molar-refractivity contribution is -0.142. The molecule has 0 heterocycles. The summed E-state index contributed by atoms with van der Waals surface area (Å²) in [7, 11) is 1.48. The third-order valence-electron chi connectivity index (χ3n) is 3.07. The minimum atomic E-state index is -1.07. The number of methoxy groups -OCH3 is 1. The number of nitrogens with one attached hydrogen (secondary N) is 2. The summed E-state index contributed by atoms with van der Waals surface area (Å²) in [5, 5.41) is 14.1. The molecule has 0 bridgehead atoms. The lowest BCUT2D eigenvalue weighted by atomic mass is 10.2. The number of carbonyl (C=O) groups is 3. The molecule has 7 nitrogen and oxygen atoms in total. The second-order valence-electron chi connectivity index (χ2n) is 4.91. The normalized spacial score (nSPS) is 15.4. The topological polar surface area (TPSA) is 105 Å². The molecule has 0 aromatic rings. The highest BCUT2D eigenvalue weighted by Gasteiger charge is 2.29. The SMILES string of the molecule is COCCC(NC(=O)CCCNC(=O)C1CC1)C(=O)O. The molecule has 20 heavy (non-hydrogen) atoms. The van der Waals surface area contributed by atoms with Gasteiger partial charge in [0.2, 0.25) is 11.8 Å². The maximum atomic E-state index is 11.6. The Hall–Kier alpha value is -1.63. The maximum absolute atomic E-state index is 11.6. The smallest absolute Gasteiger partial charge is 0.326 e. The molecule has 3 N–H and O–H groups in total. The van der Waals surface area contributed by atoms with Crippen molar-refractivity contribution in [1.82, 2.24) is 10.6 Å². The molecule has 2 amide bonds. The highest BCUT2D eigenvalue weighted by Crippen LogP contribution is 2.28. The molecule has 1 rings (SSSR count). The number of carboxylic acids is 1.